The minimum absolute atomic E-state index is 0.147. The highest BCUT2D eigenvalue weighted by Crippen LogP contribution is 2.33. The predicted octanol–water partition coefficient (Wildman–Crippen LogP) is 3.37. The first-order valence-corrected chi connectivity index (χ1v) is 7.85. The number of nitrogens with one attached hydrogen (secondary N) is 1. The van der Waals surface area contributed by atoms with Gasteiger partial charge in [-0.1, -0.05) is 18.9 Å². The first-order chi connectivity index (χ1) is 12.4. The number of hydrogen-bond acceptors (Lipinski definition) is 6. The van der Waals surface area contributed by atoms with Crippen LogP contribution in [0.3, 0.4) is 0 Å². The highest BCUT2D eigenvalue weighted by molar-refractivity contribution is 7.82. The summed E-state index contributed by atoms with van der Waals surface area (Å²) in [5, 5.41) is 13.6. The molecule has 9 nitrogen and oxygen atoms in total. The summed E-state index contributed by atoms with van der Waals surface area (Å²) in [6, 6.07) is 8.75. The molecule has 0 radical (unpaired) electrons. The Hall–Kier alpha value is -3.27. The third kappa shape index (κ3) is 3.14. The van der Waals surface area contributed by atoms with Gasteiger partial charge in [-0.05, 0) is 18.2 Å². The van der Waals surface area contributed by atoms with E-state index in [-0.39, 0.29) is 17.1 Å². The summed E-state index contributed by atoms with van der Waals surface area (Å²) in [6.07, 6.45) is 1.65. The Labute approximate surface area is 153 Å². The number of carbonyl (C=O) groups excluding carboxylic acids is 1. The zero-order valence-electron chi connectivity index (χ0n) is 13.9. The van der Waals surface area contributed by atoms with Crippen LogP contribution in [0.2, 0.25) is 0 Å². The summed E-state index contributed by atoms with van der Waals surface area (Å²) < 4.78 is 7.99. The van der Waals surface area contributed by atoms with Gasteiger partial charge in [-0.25, -0.2) is 14.1 Å². The molecule has 3 aromatic rings. The number of rotatable bonds is 4. The zero-order valence-corrected chi connectivity index (χ0v) is 14.8. The van der Waals surface area contributed by atoms with E-state index in [0.29, 0.717) is 11.2 Å². The second-order valence-electron chi connectivity index (χ2n) is 5.38. The van der Waals surface area contributed by atoms with Crippen molar-refractivity contribution < 1.29 is 14.5 Å². The van der Waals surface area contributed by atoms with Gasteiger partial charge in [0.15, 0.2) is 0 Å². The van der Waals surface area contributed by atoms with Gasteiger partial charge in [0, 0.05) is 13.1 Å². The lowest BCUT2D eigenvalue weighted by Gasteiger charge is -2.19. The molecule has 0 bridgehead atoms. The summed E-state index contributed by atoms with van der Waals surface area (Å²) >= 11 is 4.20. The number of aryl methyl sites for hydroxylation is 1. The van der Waals surface area contributed by atoms with Crippen molar-refractivity contribution in [1.82, 2.24) is 9.55 Å². The standard InChI is InChI=1S/C16H15N5O4S/c1-19-9-17-15-11(4-3-5-13(15)19)18-16(22)20(26)12-7-6-10(21(23)24)8-14(12)25-2/h3-9,26H,1-2H3,(H,18,22). The molecule has 2 amide bonds. The molecule has 1 N–H and O–H groups in total. The first kappa shape index (κ1) is 17.5. The Morgan fingerprint density at radius 2 is 2.15 bits per heavy atom. The summed E-state index contributed by atoms with van der Waals surface area (Å²) in [6.45, 7) is 0. The number of imidazole rings is 1. The zero-order chi connectivity index (χ0) is 18.8. The van der Waals surface area contributed by atoms with Crippen LogP contribution in [-0.2, 0) is 7.05 Å². The van der Waals surface area contributed by atoms with E-state index in [1.54, 1.807) is 18.5 Å². The van der Waals surface area contributed by atoms with Gasteiger partial charge in [0.25, 0.3) is 5.69 Å². The lowest BCUT2D eigenvalue weighted by Crippen LogP contribution is -2.27. The van der Waals surface area contributed by atoms with Crippen molar-refractivity contribution in [2.45, 2.75) is 0 Å². The monoisotopic (exact) mass is 373 g/mol. The maximum Gasteiger partial charge on any atom is 0.336 e. The van der Waals surface area contributed by atoms with E-state index in [0.717, 1.165) is 9.82 Å². The molecular weight excluding hydrogens is 358 g/mol. The number of nitrogens with zero attached hydrogens (tertiary/aromatic N) is 4. The van der Waals surface area contributed by atoms with Gasteiger partial charge in [-0.15, -0.1) is 0 Å². The second kappa shape index (κ2) is 6.92. The number of methoxy groups -OCH3 is 1. The van der Waals surface area contributed by atoms with E-state index in [9.17, 15) is 14.9 Å². The van der Waals surface area contributed by atoms with Gasteiger partial charge in [-0.3, -0.25) is 10.1 Å². The van der Waals surface area contributed by atoms with E-state index in [4.69, 9.17) is 4.74 Å². The number of benzene rings is 2. The topological polar surface area (TPSA) is 103 Å². The molecule has 1 aromatic heterocycles. The molecule has 26 heavy (non-hydrogen) atoms. The summed E-state index contributed by atoms with van der Waals surface area (Å²) in [4.78, 5) is 27.2. The molecule has 0 aliphatic heterocycles. The number of amides is 2. The van der Waals surface area contributed by atoms with Crippen LogP contribution in [0, 0.1) is 10.1 Å². The Morgan fingerprint density at radius 3 is 2.85 bits per heavy atom. The molecule has 134 valence electrons. The molecule has 3 rings (SSSR count). The fourth-order valence-corrected chi connectivity index (χ4v) is 2.71. The SMILES string of the molecule is COc1cc([N+](=O)[O-])ccc1N(S)C(=O)Nc1cccc2c1ncn2C. The number of nitro groups is 1. The van der Waals surface area contributed by atoms with Crippen molar-refractivity contribution in [3.63, 3.8) is 0 Å². The fourth-order valence-electron chi connectivity index (χ4n) is 2.49. The number of para-hydroxylation sites is 1. The number of urea groups is 1. The number of hydrogen-bond donors (Lipinski definition) is 2. The van der Waals surface area contributed by atoms with Crippen molar-refractivity contribution in [1.29, 1.82) is 0 Å². The van der Waals surface area contributed by atoms with E-state index in [1.165, 1.54) is 25.3 Å². The third-order valence-electron chi connectivity index (χ3n) is 3.79. The van der Waals surface area contributed by atoms with Gasteiger partial charge >= 0.3 is 6.03 Å². The molecule has 2 aromatic carbocycles. The number of anilines is 2. The average Bonchev–Trinajstić information content (AvgIpc) is 3.02. The van der Waals surface area contributed by atoms with Crippen molar-refractivity contribution in [3.05, 3.63) is 52.8 Å². The maximum atomic E-state index is 12.6. The van der Waals surface area contributed by atoms with Crippen LogP contribution in [0.5, 0.6) is 5.75 Å². The number of nitro benzene ring substituents is 1. The highest BCUT2D eigenvalue weighted by Gasteiger charge is 2.20. The molecule has 10 heteroatoms. The minimum Gasteiger partial charge on any atom is -0.494 e. The van der Waals surface area contributed by atoms with E-state index < -0.39 is 11.0 Å². The molecule has 0 aliphatic carbocycles. The van der Waals surface area contributed by atoms with Crippen LogP contribution in [-0.4, -0.2) is 27.6 Å². The van der Waals surface area contributed by atoms with Crippen molar-refractivity contribution >= 4 is 46.9 Å². The normalized spacial score (nSPS) is 10.6. The Bertz CT molecular complexity index is 1000. The number of carbonyl (C=O) groups is 1. The average molecular weight is 373 g/mol. The van der Waals surface area contributed by atoms with Gasteiger partial charge in [-0.2, -0.15) is 0 Å². The van der Waals surface area contributed by atoms with Crippen LogP contribution in [0.1, 0.15) is 0 Å². The summed E-state index contributed by atoms with van der Waals surface area (Å²) in [7, 11) is 3.21. The molecule has 0 spiro atoms. The fraction of sp³-hybridized carbons (Fsp3) is 0.125. The molecule has 0 fully saturated rings. The smallest absolute Gasteiger partial charge is 0.336 e. The lowest BCUT2D eigenvalue weighted by molar-refractivity contribution is -0.384. The first-order valence-electron chi connectivity index (χ1n) is 7.45. The molecule has 0 atom stereocenters. The van der Waals surface area contributed by atoms with Crippen molar-refractivity contribution in [2.75, 3.05) is 16.7 Å². The van der Waals surface area contributed by atoms with Gasteiger partial charge < -0.3 is 14.6 Å². The lowest BCUT2D eigenvalue weighted by atomic mass is 10.2. The third-order valence-corrected chi connectivity index (χ3v) is 4.19. The number of thiol groups is 1. The van der Waals surface area contributed by atoms with Crippen LogP contribution < -0.4 is 14.4 Å². The van der Waals surface area contributed by atoms with Crippen molar-refractivity contribution in [3.8, 4) is 5.75 Å². The Kier molecular flexibility index (Phi) is 4.67. The van der Waals surface area contributed by atoms with Gasteiger partial charge in [0.2, 0.25) is 0 Å². The highest BCUT2D eigenvalue weighted by atomic mass is 32.1. The van der Waals surface area contributed by atoms with E-state index in [1.807, 2.05) is 17.7 Å². The summed E-state index contributed by atoms with van der Waals surface area (Å²) in [5.41, 5.74) is 2.15. The predicted molar refractivity (Wildman–Crippen MR) is 101 cm³/mol. The van der Waals surface area contributed by atoms with Crippen LogP contribution >= 0.6 is 12.8 Å². The van der Waals surface area contributed by atoms with Gasteiger partial charge in [0.05, 0.1) is 41.3 Å². The molecule has 1 heterocycles. The van der Waals surface area contributed by atoms with Crippen LogP contribution in [0.25, 0.3) is 11.0 Å². The van der Waals surface area contributed by atoms with E-state index >= 15 is 0 Å². The molecular formula is C16H15N5O4S. The molecule has 0 aliphatic rings. The van der Waals surface area contributed by atoms with Crippen LogP contribution in [0.4, 0.5) is 21.9 Å². The molecule has 0 saturated heterocycles. The number of non-ortho nitro benzene ring substituents is 1. The van der Waals surface area contributed by atoms with Gasteiger partial charge in [0.1, 0.15) is 11.3 Å². The second-order valence-corrected chi connectivity index (χ2v) is 5.78. The largest absolute Gasteiger partial charge is 0.494 e. The Balaban J connectivity index is 1.89. The number of aromatic nitrogens is 2. The Morgan fingerprint density at radius 1 is 1.38 bits per heavy atom. The van der Waals surface area contributed by atoms with E-state index in [2.05, 4.69) is 23.1 Å². The number of ether oxygens (including phenoxy) is 1. The molecule has 0 unspecified atom stereocenters. The van der Waals surface area contributed by atoms with Crippen molar-refractivity contribution in [2.24, 2.45) is 7.05 Å². The quantitative estimate of drug-likeness (QED) is 0.415. The molecule has 0 saturated carbocycles. The van der Waals surface area contributed by atoms with Crippen LogP contribution in [0.15, 0.2) is 42.7 Å². The number of fused-ring (bicyclic) bond motifs is 1. The maximum absolute atomic E-state index is 12.6. The summed E-state index contributed by atoms with van der Waals surface area (Å²) in [5.74, 6) is 0.153. The minimum atomic E-state index is -0.557.